The van der Waals surface area contributed by atoms with E-state index >= 15 is 0 Å². The summed E-state index contributed by atoms with van der Waals surface area (Å²) in [5, 5.41) is 30.7. The van der Waals surface area contributed by atoms with E-state index in [4.69, 9.17) is 10.5 Å². The summed E-state index contributed by atoms with van der Waals surface area (Å²) in [6.07, 6.45) is 1.68. The molecular formula is C21H15N5O3. The summed E-state index contributed by atoms with van der Waals surface area (Å²) in [7, 11) is 0. The fraction of sp³-hybridized carbons (Fsp3) is 0.190. The van der Waals surface area contributed by atoms with Gasteiger partial charge in [0.05, 0.1) is 40.5 Å². The minimum Gasteiger partial charge on any atom is -0.383 e. The monoisotopic (exact) mass is 385 g/mol. The maximum Gasteiger partial charge on any atom is 0.276 e. The van der Waals surface area contributed by atoms with Crippen molar-refractivity contribution in [2.24, 2.45) is 0 Å². The van der Waals surface area contributed by atoms with E-state index < -0.39 is 4.92 Å². The highest BCUT2D eigenvalue weighted by atomic mass is 16.6. The van der Waals surface area contributed by atoms with Crippen molar-refractivity contribution in [3.05, 3.63) is 66.9 Å². The van der Waals surface area contributed by atoms with E-state index in [2.05, 4.69) is 11.1 Å². The number of hydrogen-bond donors (Lipinski definition) is 1. The number of anilines is 1. The molecule has 0 saturated carbocycles. The molecule has 1 aliphatic carbocycles. The van der Waals surface area contributed by atoms with Crippen LogP contribution in [0.3, 0.4) is 0 Å². The van der Waals surface area contributed by atoms with Gasteiger partial charge in [-0.2, -0.15) is 10.5 Å². The van der Waals surface area contributed by atoms with Gasteiger partial charge in [0, 0.05) is 11.6 Å². The second kappa shape index (κ2) is 6.55. The number of aromatic nitrogens is 1. The molecule has 2 N–H and O–H groups in total. The highest BCUT2D eigenvalue weighted by molar-refractivity contribution is 6.09. The number of nitrogen functional groups attached to an aromatic ring is 1. The lowest BCUT2D eigenvalue weighted by Gasteiger charge is -2.11. The van der Waals surface area contributed by atoms with Gasteiger partial charge in [-0.15, -0.1) is 0 Å². The summed E-state index contributed by atoms with van der Waals surface area (Å²) in [6.45, 7) is 4.24. The van der Waals surface area contributed by atoms with Gasteiger partial charge in [-0.25, -0.2) is 4.98 Å². The number of rotatable bonds is 2. The van der Waals surface area contributed by atoms with Crippen molar-refractivity contribution in [2.45, 2.75) is 27.1 Å². The zero-order valence-electron chi connectivity index (χ0n) is 15.7. The summed E-state index contributed by atoms with van der Waals surface area (Å²) >= 11 is 0. The minimum atomic E-state index is -0.431. The Morgan fingerprint density at radius 2 is 1.93 bits per heavy atom. The van der Waals surface area contributed by atoms with Crippen molar-refractivity contribution < 1.29 is 9.66 Å². The molecule has 4 rings (SSSR count). The average Bonchev–Trinajstić information content (AvgIpc) is 3.23. The van der Waals surface area contributed by atoms with Crippen LogP contribution in [-0.4, -0.2) is 9.91 Å². The second-order valence-corrected chi connectivity index (χ2v) is 6.93. The van der Waals surface area contributed by atoms with Gasteiger partial charge < -0.3 is 10.5 Å². The minimum absolute atomic E-state index is 0.0388. The van der Waals surface area contributed by atoms with Crippen LogP contribution in [-0.2, 0) is 18.0 Å². The topological polar surface area (TPSA) is 139 Å². The van der Waals surface area contributed by atoms with Crippen LogP contribution in [0.15, 0.2) is 17.7 Å². The molecule has 8 nitrogen and oxygen atoms in total. The Morgan fingerprint density at radius 3 is 2.55 bits per heavy atom. The van der Waals surface area contributed by atoms with E-state index in [0.717, 1.165) is 11.1 Å². The van der Waals surface area contributed by atoms with Crippen LogP contribution in [0.2, 0.25) is 0 Å². The summed E-state index contributed by atoms with van der Waals surface area (Å²) < 4.78 is 5.39. The Bertz CT molecular complexity index is 1260. The smallest absolute Gasteiger partial charge is 0.276 e. The molecule has 29 heavy (non-hydrogen) atoms. The van der Waals surface area contributed by atoms with Crippen molar-refractivity contribution in [1.82, 2.24) is 4.98 Å². The Balaban J connectivity index is 2.02. The zero-order valence-corrected chi connectivity index (χ0v) is 15.7. The number of nitro groups is 1. The molecule has 0 amide bonds. The van der Waals surface area contributed by atoms with Crippen LogP contribution in [0.1, 0.15) is 46.0 Å². The molecule has 0 unspecified atom stereocenters. The number of pyridine rings is 1. The summed E-state index contributed by atoms with van der Waals surface area (Å²) in [5.41, 5.74) is 11.4. The van der Waals surface area contributed by atoms with E-state index in [0.29, 0.717) is 52.3 Å². The Kier molecular flexibility index (Phi) is 4.15. The van der Waals surface area contributed by atoms with Gasteiger partial charge in [0.1, 0.15) is 18.0 Å². The quantitative estimate of drug-likeness (QED) is 0.615. The van der Waals surface area contributed by atoms with Gasteiger partial charge in [0.15, 0.2) is 0 Å². The number of ether oxygens (including phenoxy) is 1. The fourth-order valence-corrected chi connectivity index (χ4v) is 3.86. The number of nitro benzene ring substituents is 1. The molecule has 2 aromatic rings. The average molecular weight is 385 g/mol. The third-order valence-electron chi connectivity index (χ3n) is 5.34. The van der Waals surface area contributed by atoms with Crippen LogP contribution in [0, 0.1) is 39.7 Å². The van der Waals surface area contributed by atoms with Crippen LogP contribution in [0.25, 0.3) is 17.2 Å². The number of nitrogens with zero attached hydrogens (tertiary/aromatic N) is 4. The molecule has 2 aliphatic rings. The predicted octanol–water partition coefficient (Wildman–Crippen LogP) is 3.63. The number of allylic oxidation sites excluding steroid dienone is 3. The highest BCUT2D eigenvalue weighted by Crippen LogP contribution is 2.45. The number of nitriles is 2. The van der Waals surface area contributed by atoms with Crippen LogP contribution in [0.4, 0.5) is 11.5 Å². The Hall–Kier alpha value is -4.01. The molecule has 0 spiro atoms. The molecule has 0 atom stereocenters. The van der Waals surface area contributed by atoms with Crippen molar-refractivity contribution in [2.75, 3.05) is 5.73 Å². The van der Waals surface area contributed by atoms with Gasteiger partial charge in [0.2, 0.25) is 0 Å². The van der Waals surface area contributed by atoms with Gasteiger partial charge in [-0.3, -0.25) is 10.1 Å². The van der Waals surface area contributed by atoms with Gasteiger partial charge in [0.25, 0.3) is 5.69 Å². The number of nitrogens with two attached hydrogens (primary N) is 1. The first-order valence-corrected chi connectivity index (χ1v) is 8.79. The van der Waals surface area contributed by atoms with Crippen LogP contribution in [0.5, 0.6) is 0 Å². The largest absolute Gasteiger partial charge is 0.383 e. The van der Waals surface area contributed by atoms with Crippen LogP contribution < -0.4 is 5.73 Å². The Morgan fingerprint density at radius 1 is 1.24 bits per heavy atom. The van der Waals surface area contributed by atoms with Crippen molar-refractivity contribution >= 4 is 28.7 Å². The lowest BCUT2D eigenvalue weighted by molar-refractivity contribution is -0.385. The SMILES string of the molecule is CC1=C(C#N)c2nc(N)c(C#N)c(C)c2/C1=C/c1cc2c(cc1[N+](=O)[O-])COC2. The first kappa shape index (κ1) is 18.4. The Labute approximate surface area is 166 Å². The molecule has 8 heteroatoms. The normalized spacial score (nSPS) is 15.8. The molecule has 1 aromatic carbocycles. The van der Waals surface area contributed by atoms with Crippen LogP contribution >= 0.6 is 0 Å². The van der Waals surface area contributed by atoms with E-state index in [1.54, 1.807) is 26.0 Å². The van der Waals surface area contributed by atoms with E-state index in [1.807, 2.05) is 6.07 Å². The molecule has 1 aliphatic heterocycles. The van der Waals surface area contributed by atoms with Gasteiger partial charge in [-0.05, 0) is 53.8 Å². The number of fused-ring (bicyclic) bond motifs is 2. The first-order valence-electron chi connectivity index (χ1n) is 8.79. The molecule has 0 radical (unpaired) electrons. The maximum absolute atomic E-state index is 11.7. The summed E-state index contributed by atoms with van der Waals surface area (Å²) in [4.78, 5) is 15.5. The molecule has 2 heterocycles. The van der Waals surface area contributed by atoms with E-state index in [1.165, 1.54) is 6.07 Å². The molecule has 0 fully saturated rings. The van der Waals surface area contributed by atoms with Crippen molar-refractivity contribution in [1.29, 1.82) is 10.5 Å². The summed E-state index contributed by atoms with van der Waals surface area (Å²) in [6, 6.07) is 7.47. The highest BCUT2D eigenvalue weighted by Gasteiger charge is 2.30. The third kappa shape index (κ3) is 2.66. The van der Waals surface area contributed by atoms with Crippen molar-refractivity contribution in [3.8, 4) is 12.1 Å². The molecular weight excluding hydrogens is 370 g/mol. The van der Waals surface area contributed by atoms with Crippen molar-refractivity contribution in [3.63, 3.8) is 0 Å². The molecule has 0 saturated heterocycles. The van der Waals surface area contributed by atoms with Gasteiger partial charge in [-0.1, -0.05) is 0 Å². The third-order valence-corrected chi connectivity index (χ3v) is 5.34. The number of hydrogen-bond acceptors (Lipinski definition) is 7. The maximum atomic E-state index is 11.7. The second-order valence-electron chi connectivity index (χ2n) is 6.93. The molecule has 142 valence electrons. The van der Waals surface area contributed by atoms with E-state index in [9.17, 15) is 20.6 Å². The van der Waals surface area contributed by atoms with E-state index in [-0.39, 0.29) is 17.1 Å². The molecule has 0 bridgehead atoms. The standard InChI is InChI=1S/C21H15N5O3/c1-10-15(4-12-3-13-8-29-9-14(13)5-18(12)26(27)28)19-11(2)17(7-23)21(24)25-20(19)16(10)6-22/h3-5H,8-9H2,1-2H3,(H2,24,25)/b15-4+. The van der Waals surface area contributed by atoms with Gasteiger partial charge >= 0.3 is 0 Å². The predicted molar refractivity (Wildman–Crippen MR) is 106 cm³/mol. The zero-order chi connectivity index (χ0) is 20.9. The first-order chi connectivity index (χ1) is 13.9. The molecule has 1 aromatic heterocycles. The number of benzene rings is 1. The lowest BCUT2D eigenvalue weighted by Crippen LogP contribution is -2.04. The lowest BCUT2D eigenvalue weighted by atomic mass is 9.94. The summed E-state index contributed by atoms with van der Waals surface area (Å²) in [5.74, 6) is 0.0613. The fourth-order valence-electron chi connectivity index (χ4n) is 3.86.